The van der Waals surface area contributed by atoms with Gasteiger partial charge in [0.2, 0.25) is 5.91 Å². The number of hydrogen-bond acceptors (Lipinski definition) is 3. The van der Waals surface area contributed by atoms with Crippen LogP contribution in [0.1, 0.15) is 48.3 Å². The lowest BCUT2D eigenvalue weighted by Crippen LogP contribution is -2.59. The molecule has 2 saturated carbocycles. The summed E-state index contributed by atoms with van der Waals surface area (Å²) in [6.45, 7) is 4.68. The number of aryl methyl sites for hydroxylation is 2. The highest BCUT2D eigenvalue weighted by Gasteiger charge is 2.53. The molecule has 5 heteroatoms. The summed E-state index contributed by atoms with van der Waals surface area (Å²) in [5.74, 6) is 0.803. The van der Waals surface area contributed by atoms with E-state index in [0.29, 0.717) is 31.4 Å². The lowest BCUT2D eigenvalue weighted by molar-refractivity contribution is -0.143. The summed E-state index contributed by atoms with van der Waals surface area (Å²) in [7, 11) is 1.93. The highest BCUT2D eigenvalue weighted by Crippen LogP contribution is 2.44. The third-order valence-corrected chi connectivity index (χ3v) is 6.19. The largest absolute Gasteiger partial charge is 0.447 e. The van der Waals surface area contributed by atoms with Crippen LogP contribution in [0.2, 0.25) is 0 Å². The van der Waals surface area contributed by atoms with Crippen LogP contribution in [-0.2, 0) is 9.53 Å². The predicted octanol–water partition coefficient (Wildman–Crippen LogP) is 2.90. The molecule has 3 fully saturated rings. The second kappa shape index (κ2) is 5.75. The molecule has 1 heterocycles. The topological polar surface area (TPSA) is 58.6 Å². The number of cyclic esters (lactones) is 1. The van der Waals surface area contributed by atoms with Crippen LogP contribution in [0.3, 0.4) is 0 Å². The van der Waals surface area contributed by atoms with E-state index >= 15 is 0 Å². The zero-order chi connectivity index (χ0) is 17.8. The van der Waals surface area contributed by atoms with Crippen LogP contribution in [0.15, 0.2) is 18.2 Å². The van der Waals surface area contributed by atoms with E-state index in [1.54, 1.807) is 0 Å². The number of amides is 2. The van der Waals surface area contributed by atoms with Crippen molar-refractivity contribution in [2.24, 2.45) is 5.92 Å². The Morgan fingerprint density at radius 2 is 1.84 bits per heavy atom. The van der Waals surface area contributed by atoms with Crippen molar-refractivity contribution in [1.29, 1.82) is 0 Å². The van der Waals surface area contributed by atoms with Gasteiger partial charge in [-0.25, -0.2) is 4.79 Å². The fourth-order valence-electron chi connectivity index (χ4n) is 4.66. The maximum Gasteiger partial charge on any atom is 0.407 e. The molecule has 1 aliphatic heterocycles. The number of ether oxygens (including phenoxy) is 1. The zero-order valence-corrected chi connectivity index (χ0v) is 15.2. The number of carbonyl (C=O) groups is 2. The van der Waals surface area contributed by atoms with E-state index in [1.807, 2.05) is 11.9 Å². The Morgan fingerprint density at radius 1 is 1.20 bits per heavy atom. The SMILES string of the molecule is Cc1cc(C)cc([C@H]2C[C@@H](N(C)C(=O)[C@H]3C[C@]4(COC(=O)N4)C3)C2)c1. The normalized spacial score (nSPS) is 33.2. The molecule has 3 aliphatic rings. The Morgan fingerprint density at radius 3 is 2.40 bits per heavy atom. The van der Waals surface area contributed by atoms with Crippen molar-refractivity contribution in [3.05, 3.63) is 34.9 Å². The Kier molecular flexibility index (Phi) is 3.78. The molecular weight excluding hydrogens is 316 g/mol. The van der Waals surface area contributed by atoms with Crippen molar-refractivity contribution in [3.63, 3.8) is 0 Å². The molecule has 4 rings (SSSR count). The minimum Gasteiger partial charge on any atom is -0.447 e. The molecule has 2 amide bonds. The van der Waals surface area contributed by atoms with E-state index in [2.05, 4.69) is 37.4 Å². The van der Waals surface area contributed by atoms with Crippen LogP contribution in [0.25, 0.3) is 0 Å². The van der Waals surface area contributed by atoms with Crippen molar-refractivity contribution in [1.82, 2.24) is 10.2 Å². The molecule has 1 saturated heterocycles. The van der Waals surface area contributed by atoms with Crippen molar-refractivity contribution in [3.8, 4) is 0 Å². The minimum absolute atomic E-state index is 0.0206. The van der Waals surface area contributed by atoms with Crippen molar-refractivity contribution >= 4 is 12.0 Å². The van der Waals surface area contributed by atoms with Crippen LogP contribution in [0.5, 0.6) is 0 Å². The second-order valence-corrected chi connectivity index (χ2v) is 8.28. The standard InChI is InChI=1S/C20H26N2O3/c1-12-4-13(2)6-14(5-12)15-7-17(8-15)22(3)18(23)16-9-20(10-16)11-25-19(24)21-20/h4-6,15-17H,7-11H2,1-3H3,(H,21,24)/t15-,16-,17+,20+. The third-order valence-electron chi connectivity index (χ3n) is 6.19. The molecule has 2 aliphatic carbocycles. The zero-order valence-electron chi connectivity index (χ0n) is 15.2. The first-order chi connectivity index (χ1) is 11.8. The highest BCUT2D eigenvalue weighted by atomic mass is 16.6. The Bertz CT molecular complexity index is 697. The average molecular weight is 342 g/mol. The maximum atomic E-state index is 12.7. The van der Waals surface area contributed by atoms with Crippen LogP contribution in [-0.4, -0.2) is 42.1 Å². The summed E-state index contributed by atoms with van der Waals surface area (Å²) in [5.41, 5.74) is 3.74. The van der Waals surface area contributed by atoms with Gasteiger partial charge in [0.15, 0.2) is 0 Å². The highest BCUT2D eigenvalue weighted by molar-refractivity contribution is 5.81. The lowest BCUT2D eigenvalue weighted by Gasteiger charge is -2.47. The van der Waals surface area contributed by atoms with Crippen LogP contribution >= 0.6 is 0 Å². The minimum atomic E-state index is -0.352. The first kappa shape index (κ1) is 16.4. The summed E-state index contributed by atoms with van der Waals surface area (Å²) in [6.07, 6.45) is 3.14. The lowest BCUT2D eigenvalue weighted by atomic mass is 9.67. The van der Waals surface area contributed by atoms with Gasteiger partial charge < -0.3 is 15.0 Å². The van der Waals surface area contributed by atoms with Crippen molar-refractivity contribution in [2.45, 2.75) is 57.0 Å². The first-order valence-corrected chi connectivity index (χ1v) is 9.15. The average Bonchev–Trinajstić information content (AvgIpc) is 2.84. The number of rotatable bonds is 3. The summed E-state index contributed by atoms with van der Waals surface area (Å²) < 4.78 is 4.99. The fourth-order valence-corrected chi connectivity index (χ4v) is 4.66. The molecule has 0 atom stereocenters. The molecule has 134 valence electrons. The quantitative estimate of drug-likeness (QED) is 0.919. The van der Waals surface area contributed by atoms with Gasteiger partial charge in [0, 0.05) is 19.0 Å². The summed E-state index contributed by atoms with van der Waals surface area (Å²) in [4.78, 5) is 25.9. The first-order valence-electron chi connectivity index (χ1n) is 9.15. The molecule has 0 bridgehead atoms. The van der Waals surface area contributed by atoms with Gasteiger partial charge in [0.25, 0.3) is 0 Å². The van der Waals surface area contributed by atoms with E-state index < -0.39 is 0 Å². The number of carbonyl (C=O) groups excluding carboxylic acids is 2. The summed E-state index contributed by atoms with van der Waals surface area (Å²) in [5, 5.41) is 2.85. The Labute approximate surface area is 148 Å². The molecule has 1 spiro atoms. The van der Waals surface area contributed by atoms with Gasteiger partial charge in [-0.05, 0) is 51.0 Å². The van der Waals surface area contributed by atoms with E-state index in [0.717, 1.165) is 12.8 Å². The molecule has 5 nitrogen and oxygen atoms in total. The molecule has 0 unspecified atom stereocenters. The summed E-state index contributed by atoms with van der Waals surface area (Å²) >= 11 is 0. The predicted molar refractivity (Wildman–Crippen MR) is 94.4 cm³/mol. The van der Waals surface area contributed by atoms with Gasteiger partial charge >= 0.3 is 6.09 Å². The van der Waals surface area contributed by atoms with Crippen LogP contribution < -0.4 is 5.32 Å². The second-order valence-electron chi connectivity index (χ2n) is 8.28. The van der Waals surface area contributed by atoms with Crippen LogP contribution in [0.4, 0.5) is 4.79 Å². The van der Waals surface area contributed by atoms with Crippen molar-refractivity contribution in [2.75, 3.05) is 13.7 Å². The fraction of sp³-hybridized carbons (Fsp3) is 0.600. The Balaban J connectivity index is 1.30. The van der Waals surface area contributed by atoms with E-state index in [1.165, 1.54) is 16.7 Å². The van der Waals surface area contributed by atoms with Gasteiger partial charge in [0.05, 0.1) is 5.54 Å². The summed E-state index contributed by atoms with van der Waals surface area (Å²) in [6, 6.07) is 7.08. The molecule has 0 aromatic heterocycles. The van der Waals surface area contributed by atoms with Crippen molar-refractivity contribution < 1.29 is 14.3 Å². The number of nitrogens with zero attached hydrogens (tertiary/aromatic N) is 1. The van der Waals surface area contributed by atoms with Gasteiger partial charge in [0.1, 0.15) is 6.61 Å². The smallest absolute Gasteiger partial charge is 0.407 e. The van der Waals surface area contributed by atoms with Gasteiger partial charge in [-0.2, -0.15) is 0 Å². The van der Waals surface area contributed by atoms with E-state index in [-0.39, 0.29) is 23.5 Å². The van der Waals surface area contributed by atoms with Gasteiger partial charge in [-0.15, -0.1) is 0 Å². The number of benzene rings is 1. The van der Waals surface area contributed by atoms with E-state index in [9.17, 15) is 9.59 Å². The molecule has 25 heavy (non-hydrogen) atoms. The number of hydrogen-bond donors (Lipinski definition) is 1. The number of nitrogens with one attached hydrogen (secondary N) is 1. The molecule has 1 aromatic carbocycles. The number of alkyl carbamates (subject to hydrolysis) is 1. The molecule has 1 N–H and O–H groups in total. The van der Waals surface area contributed by atoms with Gasteiger partial charge in [-0.1, -0.05) is 29.3 Å². The third kappa shape index (κ3) is 2.90. The van der Waals surface area contributed by atoms with Crippen LogP contribution in [0, 0.1) is 19.8 Å². The van der Waals surface area contributed by atoms with E-state index in [4.69, 9.17) is 4.74 Å². The molecule has 1 aromatic rings. The molecular formula is C20H26N2O3. The molecule has 0 radical (unpaired) electrons. The maximum absolute atomic E-state index is 12.7. The monoisotopic (exact) mass is 342 g/mol. The Hall–Kier alpha value is -2.04. The van der Waals surface area contributed by atoms with Gasteiger partial charge in [-0.3, -0.25) is 4.79 Å².